The van der Waals surface area contributed by atoms with E-state index in [-0.39, 0.29) is 41.7 Å². The van der Waals surface area contributed by atoms with E-state index in [1.54, 1.807) is 0 Å². The zero-order chi connectivity index (χ0) is 38.3. The normalized spacial score (nSPS) is 11.8. The molecule has 0 saturated heterocycles. The molecule has 1 aromatic heterocycles. The number of nitrogens with zero attached hydrogens (tertiary/aromatic N) is 5. The molecule has 4 aromatic carbocycles. The summed E-state index contributed by atoms with van der Waals surface area (Å²) in [5, 5.41) is 9.40. The van der Waals surface area contributed by atoms with Crippen LogP contribution in [-0.4, -0.2) is 34.5 Å². The van der Waals surface area contributed by atoms with Crippen LogP contribution in [0, 0.1) is 0 Å². The summed E-state index contributed by atoms with van der Waals surface area (Å²) in [6, 6.07) is 46.0. The zero-order valence-electron chi connectivity index (χ0n) is 34.0. The molecule has 0 fully saturated rings. The van der Waals surface area contributed by atoms with Gasteiger partial charge in [0, 0.05) is 11.9 Å². The van der Waals surface area contributed by atoms with Gasteiger partial charge < -0.3 is 20.6 Å². The Balaban J connectivity index is 0.000000299. The molecule has 0 saturated carbocycles. The summed E-state index contributed by atoms with van der Waals surface area (Å²) in [5.74, 6) is 0. The SMILES string of the molecule is CC(C[N-][Si](C)(C)C(C)(C)C)(C[N-][Si](C)(C)C(C)(C)C)c1ccccn1.[Zr+4].c1ccc([N-]c2ccccc2)cc1.c1ccc([N-]c2ccccc2)cc1. The van der Waals surface area contributed by atoms with Crippen molar-refractivity contribution < 1.29 is 26.2 Å². The quantitative estimate of drug-likeness (QED) is 0.122. The Kier molecular flexibility index (Phi) is 18.3. The Hall–Kier alpha value is -3.13. The Bertz CT molecular complexity index is 1510. The third kappa shape index (κ3) is 15.6. The van der Waals surface area contributed by atoms with E-state index in [0.29, 0.717) is 0 Å². The van der Waals surface area contributed by atoms with Crippen molar-refractivity contribution in [1.29, 1.82) is 0 Å². The second-order valence-corrected chi connectivity index (χ2v) is 26.5. The minimum absolute atomic E-state index is 0. The minimum Gasteiger partial charge on any atom is -0.664 e. The van der Waals surface area contributed by atoms with Crippen molar-refractivity contribution in [2.24, 2.45) is 0 Å². The van der Waals surface area contributed by atoms with E-state index in [9.17, 15) is 0 Å². The number of pyridine rings is 1. The first-order valence-electron chi connectivity index (χ1n) is 18.3. The van der Waals surface area contributed by atoms with Gasteiger partial charge in [-0.15, -0.1) is 35.8 Å². The second kappa shape index (κ2) is 21.1. The average Bonchev–Trinajstić information content (AvgIpc) is 3.12. The van der Waals surface area contributed by atoms with Crippen molar-refractivity contribution >= 4 is 39.2 Å². The first-order valence-corrected chi connectivity index (χ1v) is 24.2. The van der Waals surface area contributed by atoms with Gasteiger partial charge in [-0.2, -0.15) is 0 Å². The van der Waals surface area contributed by atoms with E-state index < -0.39 is 16.5 Å². The van der Waals surface area contributed by atoms with Gasteiger partial charge >= 0.3 is 26.2 Å². The Labute approximate surface area is 343 Å². The molecule has 0 amide bonds. The average molecular weight is 819 g/mol. The molecule has 0 N–H and O–H groups in total. The van der Waals surface area contributed by atoms with E-state index in [1.807, 2.05) is 134 Å². The van der Waals surface area contributed by atoms with Gasteiger partial charge in [0.1, 0.15) is 0 Å². The van der Waals surface area contributed by atoms with Crippen molar-refractivity contribution in [2.75, 3.05) is 13.1 Å². The van der Waals surface area contributed by atoms with Crippen molar-refractivity contribution in [2.45, 2.75) is 90.1 Å². The number of hydrogen-bond donors (Lipinski definition) is 0. The third-order valence-electron chi connectivity index (χ3n) is 10.1. The van der Waals surface area contributed by atoms with Crippen molar-refractivity contribution in [3.8, 4) is 0 Å². The fraction of sp³-hybridized carbons (Fsp3) is 0.356. The van der Waals surface area contributed by atoms with Gasteiger partial charge in [0.25, 0.3) is 0 Å². The van der Waals surface area contributed by atoms with Gasteiger partial charge in [-0.3, -0.25) is 4.98 Å². The number of hydrogen-bond acceptors (Lipinski definition) is 1. The van der Waals surface area contributed by atoms with Crippen LogP contribution in [0.4, 0.5) is 22.7 Å². The topological polar surface area (TPSA) is 69.3 Å². The third-order valence-corrected chi connectivity index (χ3v) is 19.4. The maximum absolute atomic E-state index is 5.29. The summed E-state index contributed by atoms with van der Waals surface area (Å²) in [6.45, 7) is 27.3. The van der Waals surface area contributed by atoms with Crippen molar-refractivity contribution in [3.63, 3.8) is 0 Å². The zero-order valence-corrected chi connectivity index (χ0v) is 38.5. The monoisotopic (exact) mass is 817 g/mol. The van der Waals surface area contributed by atoms with Crippen LogP contribution in [0.2, 0.25) is 36.3 Å². The number of rotatable bonds is 11. The van der Waals surface area contributed by atoms with Gasteiger partial charge in [0.05, 0.1) is 0 Å². The second-order valence-electron chi connectivity index (χ2n) is 16.6. The van der Waals surface area contributed by atoms with Crippen LogP contribution in [-0.2, 0) is 31.6 Å². The predicted octanol–water partition coefficient (Wildman–Crippen LogP) is 15.1. The smallest absolute Gasteiger partial charge is 0.664 e. The molecule has 53 heavy (non-hydrogen) atoms. The molecule has 0 atom stereocenters. The van der Waals surface area contributed by atoms with Crippen LogP contribution < -0.4 is 0 Å². The first kappa shape index (κ1) is 46.0. The molecule has 0 bridgehead atoms. The maximum Gasteiger partial charge on any atom is 4.00 e. The van der Waals surface area contributed by atoms with E-state index >= 15 is 0 Å². The first-order chi connectivity index (χ1) is 24.4. The Morgan fingerprint density at radius 1 is 0.434 bits per heavy atom. The van der Waals surface area contributed by atoms with Crippen molar-refractivity contribution in [1.82, 2.24) is 4.98 Å². The van der Waals surface area contributed by atoms with Crippen LogP contribution in [0.25, 0.3) is 20.6 Å². The molecule has 5 rings (SSSR count). The molecular weight excluding hydrogens is 758 g/mol. The van der Waals surface area contributed by atoms with E-state index in [2.05, 4.69) is 102 Å². The molecule has 0 spiro atoms. The molecule has 0 aliphatic rings. The standard InChI is InChI=1S/C21H41N3Si2.2C12H10N.Zr/c1-19(2,3)25(8,9)23-16-21(7,18-14-12-13-15-22-18)17-24-26(10,11)20(4,5)6;2*1-3-7-11(8-4-1)13-12-9-5-2-6-10-12;/h12-15H,16-17H2,1-11H3;2*1-10H;/q-2;2*-1;+4. The summed E-state index contributed by atoms with van der Waals surface area (Å²) >= 11 is 0. The molecule has 5 aromatic rings. The summed E-state index contributed by atoms with van der Waals surface area (Å²) in [6.07, 6.45) is 1.90. The van der Waals surface area contributed by atoms with E-state index in [1.165, 1.54) is 0 Å². The molecule has 5 nitrogen and oxygen atoms in total. The minimum atomic E-state index is -1.69. The maximum atomic E-state index is 5.29. The predicted molar refractivity (Wildman–Crippen MR) is 234 cm³/mol. The van der Waals surface area contributed by atoms with Gasteiger partial charge in [0.2, 0.25) is 0 Å². The summed E-state index contributed by atoms with van der Waals surface area (Å²) in [4.78, 5) is 15.3. The van der Waals surface area contributed by atoms with Crippen LogP contribution in [0.3, 0.4) is 0 Å². The van der Waals surface area contributed by atoms with Crippen LogP contribution >= 0.6 is 0 Å². The van der Waals surface area contributed by atoms with Crippen LogP contribution in [0.1, 0.15) is 54.2 Å². The van der Waals surface area contributed by atoms with Crippen LogP contribution in [0.15, 0.2) is 146 Å². The van der Waals surface area contributed by atoms with Gasteiger partial charge in [-0.25, -0.2) is 0 Å². The molecular formula is C45H61N5Si2Zr. The largest absolute Gasteiger partial charge is 4.00 e. The molecule has 1 heterocycles. The number of benzene rings is 4. The fourth-order valence-corrected chi connectivity index (χ4v) is 6.90. The van der Waals surface area contributed by atoms with Gasteiger partial charge in [0.15, 0.2) is 0 Å². The number of aromatic nitrogens is 1. The molecule has 0 unspecified atom stereocenters. The fourth-order valence-electron chi connectivity index (χ4n) is 4.46. The van der Waals surface area contributed by atoms with Crippen molar-refractivity contribution in [3.05, 3.63) is 172 Å². The molecule has 278 valence electrons. The summed E-state index contributed by atoms with van der Waals surface area (Å²) in [5.41, 5.74) is 4.96. The number of para-hydroxylation sites is 4. The van der Waals surface area contributed by atoms with E-state index in [4.69, 9.17) is 9.96 Å². The molecule has 0 aliphatic carbocycles. The molecule has 0 aliphatic heterocycles. The van der Waals surface area contributed by atoms with Gasteiger partial charge in [-0.1, -0.05) is 229 Å². The molecule has 8 heteroatoms. The van der Waals surface area contributed by atoms with Crippen LogP contribution in [0.5, 0.6) is 0 Å². The van der Waals surface area contributed by atoms with E-state index in [0.717, 1.165) is 41.5 Å². The van der Waals surface area contributed by atoms with Gasteiger partial charge in [-0.05, 0) is 17.5 Å². The molecule has 0 radical (unpaired) electrons. The summed E-state index contributed by atoms with van der Waals surface area (Å²) in [7, 11) is -3.38. The summed E-state index contributed by atoms with van der Waals surface area (Å²) < 4.78 is 0. The Morgan fingerprint density at radius 2 is 0.717 bits per heavy atom. The Morgan fingerprint density at radius 3 is 0.962 bits per heavy atom.